The highest BCUT2D eigenvalue weighted by Crippen LogP contribution is 2.29. The van der Waals surface area contributed by atoms with E-state index < -0.39 is 0 Å². The van der Waals surface area contributed by atoms with Gasteiger partial charge in [0.2, 0.25) is 0 Å². The number of likely N-dealkylation sites (N-methyl/N-ethyl adjacent to an activating group) is 1. The van der Waals surface area contributed by atoms with Crippen LogP contribution in [0.5, 0.6) is 0 Å². The second-order valence-corrected chi connectivity index (χ2v) is 4.44. The number of terminal acetylenes is 1. The minimum absolute atomic E-state index is 0.735. The number of fused-ring (bicyclic) bond motifs is 2. The summed E-state index contributed by atoms with van der Waals surface area (Å²) >= 11 is 0. The van der Waals surface area contributed by atoms with Crippen LogP contribution in [0.3, 0.4) is 0 Å². The molecule has 78 valence electrons. The first-order chi connectivity index (χ1) is 6.85. The summed E-state index contributed by atoms with van der Waals surface area (Å²) in [6, 6.07) is 1.51. The maximum Gasteiger partial charge on any atom is 0.0604 e. The molecular formula is C12H20N2. The second kappa shape index (κ2) is 4.33. The Morgan fingerprint density at radius 3 is 2.79 bits per heavy atom. The Hall–Kier alpha value is -0.520. The number of hydrogen-bond donors (Lipinski definition) is 0. The molecule has 0 aromatic rings. The fourth-order valence-electron chi connectivity index (χ4n) is 2.89. The van der Waals surface area contributed by atoms with Gasteiger partial charge in [0.15, 0.2) is 0 Å². The van der Waals surface area contributed by atoms with Gasteiger partial charge in [-0.3, -0.25) is 4.90 Å². The average molecular weight is 192 g/mol. The molecular weight excluding hydrogens is 172 g/mol. The van der Waals surface area contributed by atoms with Crippen molar-refractivity contribution in [1.82, 2.24) is 9.80 Å². The standard InChI is InChI=1S/C12H20N2/c1-3-8-14-11-5-6-12(14)10-13(4-2)9-7-11/h1,11-12H,4-10H2,2H3. The van der Waals surface area contributed by atoms with Crippen LogP contribution in [0.1, 0.15) is 26.2 Å². The van der Waals surface area contributed by atoms with Gasteiger partial charge in [0, 0.05) is 18.6 Å². The fourth-order valence-corrected chi connectivity index (χ4v) is 2.89. The molecule has 2 fully saturated rings. The topological polar surface area (TPSA) is 6.48 Å². The van der Waals surface area contributed by atoms with Gasteiger partial charge in [-0.15, -0.1) is 6.42 Å². The number of nitrogens with zero attached hydrogens (tertiary/aromatic N) is 2. The third-order valence-electron chi connectivity index (χ3n) is 3.74. The van der Waals surface area contributed by atoms with Crippen LogP contribution in [-0.2, 0) is 0 Å². The van der Waals surface area contributed by atoms with Gasteiger partial charge in [-0.1, -0.05) is 12.8 Å². The summed E-state index contributed by atoms with van der Waals surface area (Å²) in [7, 11) is 0. The van der Waals surface area contributed by atoms with E-state index in [1.54, 1.807) is 0 Å². The van der Waals surface area contributed by atoms with Crippen molar-refractivity contribution in [2.45, 2.75) is 38.3 Å². The van der Waals surface area contributed by atoms with E-state index in [1.807, 2.05) is 0 Å². The molecule has 2 aliphatic rings. The lowest BCUT2D eigenvalue weighted by molar-refractivity contribution is 0.208. The van der Waals surface area contributed by atoms with Crippen LogP contribution in [0.4, 0.5) is 0 Å². The third-order valence-corrected chi connectivity index (χ3v) is 3.74. The number of hydrogen-bond acceptors (Lipinski definition) is 2. The van der Waals surface area contributed by atoms with E-state index in [2.05, 4.69) is 22.6 Å². The van der Waals surface area contributed by atoms with Gasteiger partial charge < -0.3 is 4.90 Å². The van der Waals surface area contributed by atoms with Crippen molar-refractivity contribution < 1.29 is 0 Å². The Balaban J connectivity index is 2.04. The molecule has 0 aliphatic carbocycles. The third kappa shape index (κ3) is 1.80. The molecule has 2 saturated heterocycles. The van der Waals surface area contributed by atoms with Crippen LogP contribution in [0.2, 0.25) is 0 Å². The molecule has 0 radical (unpaired) electrons. The Kier molecular flexibility index (Phi) is 3.10. The van der Waals surface area contributed by atoms with Crippen molar-refractivity contribution in [3.8, 4) is 12.3 Å². The Labute approximate surface area is 87.3 Å². The molecule has 0 amide bonds. The minimum Gasteiger partial charge on any atom is -0.302 e. The maximum atomic E-state index is 5.42. The molecule has 14 heavy (non-hydrogen) atoms. The van der Waals surface area contributed by atoms with Gasteiger partial charge in [0.25, 0.3) is 0 Å². The van der Waals surface area contributed by atoms with Crippen molar-refractivity contribution in [2.24, 2.45) is 0 Å². The van der Waals surface area contributed by atoms with Crippen LogP contribution in [0.15, 0.2) is 0 Å². The Morgan fingerprint density at radius 1 is 1.29 bits per heavy atom. The molecule has 2 bridgehead atoms. The lowest BCUT2D eigenvalue weighted by Gasteiger charge is -2.26. The molecule has 2 heterocycles. The number of rotatable bonds is 2. The molecule has 0 saturated carbocycles. The van der Waals surface area contributed by atoms with Crippen LogP contribution >= 0.6 is 0 Å². The van der Waals surface area contributed by atoms with Crippen LogP contribution in [0.25, 0.3) is 0 Å². The van der Waals surface area contributed by atoms with Gasteiger partial charge >= 0.3 is 0 Å². The molecule has 0 aromatic heterocycles. The fraction of sp³-hybridized carbons (Fsp3) is 0.833. The Morgan fingerprint density at radius 2 is 2.07 bits per heavy atom. The van der Waals surface area contributed by atoms with Gasteiger partial charge in [-0.05, 0) is 32.4 Å². The normalized spacial score (nSPS) is 34.0. The summed E-state index contributed by atoms with van der Waals surface area (Å²) in [6.07, 6.45) is 9.45. The first-order valence-corrected chi connectivity index (χ1v) is 5.76. The summed E-state index contributed by atoms with van der Waals surface area (Å²) in [5, 5.41) is 0. The molecule has 2 heteroatoms. The Bertz CT molecular complexity index is 231. The highest BCUT2D eigenvalue weighted by atomic mass is 15.3. The summed E-state index contributed by atoms with van der Waals surface area (Å²) in [4.78, 5) is 5.11. The van der Waals surface area contributed by atoms with Crippen molar-refractivity contribution >= 4 is 0 Å². The lowest BCUT2D eigenvalue weighted by atomic mass is 10.1. The van der Waals surface area contributed by atoms with Gasteiger partial charge in [0.1, 0.15) is 0 Å². The zero-order chi connectivity index (χ0) is 9.97. The van der Waals surface area contributed by atoms with Crippen LogP contribution in [0, 0.1) is 12.3 Å². The van der Waals surface area contributed by atoms with E-state index in [9.17, 15) is 0 Å². The van der Waals surface area contributed by atoms with Gasteiger partial charge in [0.05, 0.1) is 6.54 Å². The first kappa shape index (κ1) is 10.0. The van der Waals surface area contributed by atoms with Gasteiger partial charge in [-0.2, -0.15) is 0 Å². The predicted molar refractivity (Wildman–Crippen MR) is 59.1 cm³/mol. The smallest absolute Gasteiger partial charge is 0.0604 e. The van der Waals surface area contributed by atoms with Gasteiger partial charge in [-0.25, -0.2) is 0 Å². The van der Waals surface area contributed by atoms with Crippen molar-refractivity contribution in [1.29, 1.82) is 0 Å². The van der Waals surface area contributed by atoms with E-state index in [4.69, 9.17) is 6.42 Å². The molecule has 2 nitrogen and oxygen atoms in total. The largest absolute Gasteiger partial charge is 0.302 e. The summed E-state index contributed by atoms with van der Waals surface area (Å²) in [5.74, 6) is 2.81. The molecule has 2 unspecified atom stereocenters. The zero-order valence-corrected chi connectivity index (χ0v) is 9.08. The molecule has 2 aliphatic heterocycles. The molecule has 0 spiro atoms. The van der Waals surface area contributed by atoms with Crippen LogP contribution < -0.4 is 0 Å². The second-order valence-electron chi connectivity index (χ2n) is 4.44. The van der Waals surface area contributed by atoms with E-state index >= 15 is 0 Å². The van der Waals surface area contributed by atoms with E-state index in [0.717, 1.165) is 18.6 Å². The molecule has 0 N–H and O–H groups in total. The molecule has 2 rings (SSSR count). The summed E-state index contributed by atoms with van der Waals surface area (Å²) < 4.78 is 0. The molecule has 2 atom stereocenters. The lowest BCUT2D eigenvalue weighted by Crippen LogP contribution is -2.39. The number of likely N-dealkylation sites (tertiary alicyclic amines) is 1. The van der Waals surface area contributed by atoms with E-state index in [-0.39, 0.29) is 0 Å². The highest BCUT2D eigenvalue weighted by molar-refractivity contribution is 4.99. The van der Waals surface area contributed by atoms with Crippen molar-refractivity contribution in [2.75, 3.05) is 26.2 Å². The highest BCUT2D eigenvalue weighted by Gasteiger charge is 2.35. The maximum absolute atomic E-state index is 5.42. The zero-order valence-electron chi connectivity index (χ0n) is 9.08. The van der Waals surface area contributed by atoms with Crippen LogP contribution in [-0.4, -0.2) is 48.1 Å². The van der Waals surface area contributed by atoms with E-state index in [1.165, 1.54) is 38.9 Å². The average Bonchev–Trinajstić information content (AvgIpc) is 2.43. The van der Waals surface area contributed by atoms with E-state index in [0.29, 0.717) is 0 Å². The first-order valence-electron chi connectivity index (χ1n) is 5.76. The summed E-state index contributed by atoms with van der Waals surface area (Å²) in [5.41, 5.74) is 0. The monoisotopic (exact) mass is 192 g/mol. The molecule has 0 aromatic carbocycles. The predicted octanol–water partition coefficient (Wildman–Crippen LogP) is 1.18. The SMILES string of the molecule is C#CCN1C2CCC1CN(CC)CC2. The van der Waals surface area contributed by atoms with Crippen molar-refractivity contribution in [3.05, 3.63) is 0 Å². The summed E-state index contributed by atoms with van der Waals surface area (Å²) in [6.45, 7) is 6.79. The quantitative estimate of drug-likeness (QED) is 0.606. The van der Waals surface area contributed by atoms with Crippen molar-refractivity contribution in [3.63, 3.8) is 0 Å². The minimum atomic E-state index is 0.735.